The van der Waals surface area contributed by atoms with Gasteiger partial charge in [-0.05, 0) is 60.9 Å². The zero-order valence-corrected chi connectivity index (χ0v) is 19.9. The average molecular weight is 466 g/mol. The van der Waals surface area contributed by atoms with E-state index in [2.05, 4.69) is 39.1 Å². The maximum absolute atomic E-state index is 10.1. The van der Waals surface area contributed by atoms with Crippen molar-refractivity contribution in [2.24, 2.45) is 7.05 Å². The normalized spacial score (nSPS) is 12.1. The Bertz CT molecular complexity index is 1530. The third kappa shape index (κ3) is 4.04. The molecule has 2 aromatic carbocycles. The summed E-state index contributed by atoms with van der Waals surface area (Å²) in [5.74, 6) is 0.432. The van der Waals surface area contributed by atoms with Crippen LogP contribution in [0, 0.1) is 6.92 Å². The predicted molar refractivity (Wildman–Crippen MR) is 140 cm³/mol. The standard InChI is InChI=1S/C27H27N7O/c1-16(2)27(35)31-20-9-5-19(6-10-20)24-22(23-25(28)29-15-30-26(23)33(24)4)18-7-11-21(12-8-18)34-14-13-17(3)32-34/h5-15,27,31,35H,1H2,2-4H3,(H2,28,29,30). The van der Waals surface area contributed by atoms with E-state index in [1.54, 1.807) is 6.92 Å². The lowest BCUT2D eigenvalue weighted by atomic mass is 9.98. The summed E-state index contributed by atoms with van der Waals surface area (Å²) in [6.07, 6.45) is 2.63. The van der Waals surface area contributed by atoms with Crippen LogP contribution in [-0.2, 0) is 7.05 Å². The molecule has 0 aliphatic heterocycles. The molecule has 5 rings (SSSR count). The van der Waals surface area contributed by atoms with Crippen molar-refractivity contribution in [1.29, 1.82) is 0 Å². The van der Waals surface area contributed by atoms with Crippen molar-refractivity contribution in [2.75, 3.05) is 11.1 Å². The maximum Gasteiger partial charge on any atom is 0.146 e. The Hall–Kier alpha value is -4.43. The van der Waals surface area contributed by atoms with E-state index >= 15 is 0 Å². The van der Waals surface area contributed by atoms with Crippen LogP contribution in [0.25, 0.3) is 39.1 Å². The molecule has 0 amide bonds. The van der Waals surface area contributed by atoms with Crippen LogP contribution >= 0.6 is 0 Å². The molecule has 0 aliphatic carbocycles. The molecule has 0 saturated carbocycles. The summed E-state index contributed by atoms with van der Waals surface area (Å²) >= 11 is 0. The summed E-state index contributed by atoms with van der Waals surface area (Å²) < 4.78 is 3.89. The van der Waals surface area contributed by atoms with Gasteiger partial charge in [-0.15, -0.1) is 0 Å². The Morgan fingerprint density at radius 2 is 1.71 bits per heavy atom. The van der Waals surface area contributed by atoms with E-state index in [0.717, 1.165) is 50.5 Å². The molecule has 1 unspecified atom stereocenters. The lowest BCUT2D eigenvalue weighted by Crippen LogP contribution is -2.19. The van der Waals surface area contributed by atoms with Gasteiger partial charge >= 0.3 is 0 Å². The topological polar surface area (TPSA) is 107 Å². The van der Waals surface area contributed by atoms with E-state index in [4.69, 9.17) is 5.73 Å². The highest BCUT2D eigenvalue weighted by atomic mass is 16.3. The quantitative estimate of drug-likeness (QED) is 0.248. The van der Waals surface area contributed by atoms with Gasteiger partial charge in [0.15, 0.2) is 0 Å². The number of nitrogens with one attached hydrogen (secondary N) is 1. The predicted octanol–water partition coefficient (Wildman–Crippen LogP) is 4.69. The number of aliphatic hydroxyl groups excluding tert-OH is 1. The second kappa shape index (κ2) is 8.73. The molecule has 4 N–H and O–H groups in total. The van der Waals surface area contributed by atoms with Gasteiger partial charge in [0.1, 0.15) is 24.0 Å². The Kier molecular flexibility index (Phi) is 5.58. The van der Waals surface area contributed by atoms with Crippen LogP contribution in [-0.4, -0.2) is 35.6 Å². The molecule has 8 heteroatoms. The monoisotopic (exact) mass is 465 g/mol. The van der Waals surface area contributed by atoms with Crippen LogP contribution in [0.5, 0.6) is 0 Å². The molecule has 35 heavy (non-hydrogen) atoms. The van der Waals surface area contributed by atoms with E-state index in [1.807, 2.05) is 71.9 Å². The third-order valence-corrected chi connectivity index (χ3v) is 6.07. The number of rotatable bonds is 6. The van der Waals surface area contributed by atoms with Gasteiger partial charge in [0, 0.05) is 24.5 Å². The molecule has 3 aromatic heterocycles. The number of benzene rings is 2. The number of aryl methyl sites for hydroxylation is 2. The number of fused-ring (bicyclic) bond motifs is 1. The van der Waals surface area contributed by atoms with Gasteiger partial charge in [-0.3, -0.25) is 0 Å². The van der Waals surface area contributed by atoms with Crippen molar-refractivity contribution in [3.8, 4) is 28.1 Å². The zero-order valence-electron chi connectivity index (χ0n) is 19.9. The first-order valence-corrected chi connectivity index (χ1v) is 11.3. The fraction of sp³-hybridized carbons (Fsp3) is 0.148. The van der Waals surface area contributed by atoms with Crippen LogP contribution < -0.4 is 11.1 Å². The molecular formula is C27H27N7O. The number of nitrogens with two attached hydrogens (primary N) is 1. The minimum absolute atomic E-state index is 0.432. The lowest BCUT2D eigenvalue weighted by molar-refractivity contribution is 0.240. The summed E-state index contributed by atoms with van der Waals surface area (Å²) in [7, 11) is 1.98. The Labute approximate surface area is 203 Å². The first-order chi connectivity index (χ1) is 16.8. The molecule has 0 spiro atoms. The van der Waals surface area contributed by atoms with Crippen molar-refractivity contribution < 1.29 is 5.11 Å². The van der Waals surface area contributed by atoms with E-state index in [1.165, 1.54) is 6.33 Å². The highest BCUT2D eigenvalue weighted by molar-refractivity contribution is 6.07. The van der Waals surface area contributed by atoms with Gasteiger partial charge in [-0.1, -0.05) is 30.8 Å². The molecule has 3 heterocycles. The van der Waals surface area contributed by atoms with Crippen molar-refractivity contribution >= 4 is 22.5 Å². The van der Waals surface area contributed by atoms with Gasteiger partial charge in [0.2, 0.25) is 0 Å². The highest BCUT2D eigenvalue weighted by Gasteiger charge is 2.22. The van der Waals surface area contributed by atoms with Crippen LogP contribution in [0.1, 0.15) is 12.6 Å². The number of anilines is 2. The molecule has 8 nitrogen and oxygen atoms in total. The smallest absolute Gasteiger partial charge is 0.146 e. The zero-order chi connectivity index (χ0) is 24.7. The molecule has 0 saturated heterocycles. The number of hydrogen-bond donors (Lipinski definition) is 3. The molecule has 1 atom stereocenters. The van der Waals surface area contributed by atoms with Gasteiger partial charge in [0.05, 0.1) is 22.5 Å². The van der Waals surface area contributed by atoms with Crippen LogP contribution in [0.3, 0.4) is 0 Å². The molecular weight excluding hydrogens is 438 g/mol. The molecule has 0 radical (unpaired) electrons. The molecule has 0 bridgehead atoms. The first-order valence-electron chi connectivity index (χ1n) is 11.3. The van der Waals surface area contributed by atoms with Crippen molar-refractivity contribution in [2.45, 2.75) is 20.1 Å². The molecule has 0 fully saturated rings. The molecule has 0 aliphatic rings. The number of nitrogen functional groups attached to an aromatic ring is 1. The highest BCUT2D eigenvalue weighted by Crippen LogP contribution is 2.41. The fourth-order valence-electron chi connectivity index (χ4n) is 4.24. The van der Waals surface area contributed by atoms with Crippen molar-refractivity contribution in [3.05, 3.63) is 85.0 Å². The Balaban J connectivity index is 1.63. The van der Waals surface area contributed by atoms with E-state index in [9.17, 15) is 5.11 Å². The minimum atomic E-state index is -0.804. The largest absolute Gasteiger partial charge is 0.383 e. The van der Waals surface area contributed by atoms with Gasteiger partial charge in [0.25, 0.3) is 0 Å². The number of aliphatic hydroxyl groups is 1. The Morgan fingerprint density at radius 1 is 1.03 bits per heavy atom. The summed E-state index contributed by atoms with van der Waals surface area (Å²) in [5.41, 5.74) is 14.4. The fourth-order valence-corrected chi connectivity index (χ4v) is 4.24. The number of aromatic nitrogens is 5. The van der Waals surface area contributed by atoms with Crippen molar-refractivity contribution in [1.82, 2.24) is 24.3 Å². The summed E-state index contributed by atoms with van der Waals surface area (Å²) in [4.78, 5) is 8.79. The second-order valence-electron chi connectivity index (χ2n) is 8.66. The minimum Gasteiger partial charge on any atom is -0.383 e. The second-order valence-corrected chi connectivity index (χ2v) is 8.66. The molecule has 176 valence electrons. The molecule has 5 aromatic rings. The Morgan fingerprint density at radius 3 is 2.34 bits per heavy atom. The van der Waals surface area contributed by atoms with Crippen LogP contribution in [0.15, 0.2) is 79.3 Å². The van der Waals surface area contributed by atoms with E-state index in [-0.39, 0.29) is 0 Å². The van der Waals surface area contributed by atoms with Gasteiger partial charge in [-0.25, -0.2) is 14.6 Å². The average Bonchev–Trinajstić information content (AvgIpc) is 3.41. The summed E-state index contributed by atoms with van der Waals surface area (Å²) in [5, 5.41) is 18.4. The number of nitrogens with zero attached hydrogens (tertiary/aromatic N) is 5. The first kappa shape index (κ1) is 22.4. The number of hydrogen-bond acceptors (Lipinski definition) is 6. The van der Waals surface area contributed by atoms with Crippen LogP contribution in [0.2, 0.25) is 0 Å². The lowest BCUT2D eigenvalue weighted by Gasteiger charge is -2.15. The third-order valence-electron chi connectivity index (χ3n) is 6.07. The van der Waals surface area contributed by atoms with Gasteiger partial charge in [-0.2, -0.15) is 5.10 Å². The van der Waals surface area contributed by atoms with E-state index < -0.39 is 6.23 Å². The van der Waals surface area contributed by atoms with E-state index in [0.29, 0.717) is 11.4 Å². The van der Waals surface area contributed by atoms with Crippen molar-refractivity contribution in [3.63, 3.8) is 0 Å². The van der Waals surface area contributed by atoms with Gasteiger partial charge < -0.3 is 20.7 Å². The maximum atomic E-state index is 10.1. The van der Waals surface area contributed by atoms with Crippen LogP contribution in [0.4, 0.5) is 11.5 Å². The summed E-state index contributed by atoms with van der Waals surface area (Å²) in [6, 6.07) is 18.1. The summed E-state index contributed by atoms with van der Waals surface area (Å²) in [6.45, 7) is 7.53. The SMILES string of the molecule is C=C(C)C(O)Nc1ccc(-c2c(-c3ccc(-n4ccc(C)n4)cc3)c3c(N)ncnc3n2C)cc1.